The Morgan fingerprint density at radius 2 is 2.15 bits per heavy atom. The van der Waals surface area contributed by atoms with E-state index < -0.39 is 23.6 Å². The minimum atomic E-state index is -4.64. The van der Waals surface area contributed by atoms with E-state index in [4.69, 9.17) is 9.47 Å². The van der Waals surface area contributed by atoms with Gasteiger partial charge in [-0.25, -0.2) is 4.98 Å². The van der Waals surface area contributed by atoms with Crippen molar-refractivity contribution in [3.05, 3.63) is 53.6 Å². The van der Waals surface area contributed by atoms with E-state index in [0.29, 0.717) is 6.61 Å². The molecule has 3 rings (SSSR count). The van der Waals surface area contributed by atoms with Crippen molar-refractivity contribution < 1.29 is 31.8 Å². The fourth-order valence-electron chi connectivity index (χ4n) is 2.64. The van der Waals surface area contributed by atoms with Gasteiger partial charge in [0.1, 0.15) is 12.4 Å². The third-order valence-electron chi connectivity index (χ3n) is 3.96. The van der Waals surface area contributed by atoms with Gasteiger partial charge in [0.2, 0.25) is 5.95 Å². The molecule has 27 heavy (non-hydrogen) atoms. The van der Waals surface area contributed by atoms with Gasteiger partial charge in [0, 0.05) is 24.6 Å². The first kappa shape index (κ1) is 19.1. The number of anilines is 1. The lowest BCUT2D eigenvalue weighted by Gasteiger charge is -2.15. The van der Waals surface area contributed by atoms with Crippen LogP contribution in [0.15, 0.2) is 36.5 Å². The quantitative estimate of drug-likeness (QED) is 0.624. The summed E-state index contributed by atoms with van der Waals surface area (Å²) >= 11 is 0. The minimum Gasteiger partial charge on any atom is -0.491 e. The molecule has 5 nitrogen and oxygen atoms in total. The van der Waals surface area contributed by atoms with E-state index in [2.05, 4.69) is 10.3 Å². The Balaban J connectivity index is 1.81. The molecule has 0 bridgehead atoms. The van der Waals surface area contributed by atoms with Gasteiger partial charge in [-0.3, -0.25) is 4.79 Å². The summed E-state index contributed by atoms with van der Waals surface area (Å²) in [7, 11) is 0. The predicted octanol–water partition coefficient (Wildman–Crippen LogP) is 4.05. The Morgan fingerprint density at radius 1 is 1.33 bits per heavy atom. The number of aromatic nitrogens is 1. The van der Waals surface area contributed by atoms with Crippen molar-refractivity contribution in [2.45, 2.75) is 25.1 Å². The maximum Gasteiger partial charge on any atom is 0.416 e. The number of carbonyl (C=O) groups excluding carboxylic acids is 1. The zero-order valence-corrected chi connectivity index (χ0v) is 14.1. The summed E-state index contributed by atoms with van der Waals surface area (Å²) in [4.78, 5) is 15.5. The normalized spacial score (nSPS) is 17.0. The lowest BCUT2D eigenvalue weighted by atomic mass is 10.1. The van der Waals surface area contributed by atoms with E-state index in [1.807, 2.05) is 0 Å². The molecule has 0 radical (unpaired) electrons. The Morgan fingerprint density at radius 3 is 2.81 bits per heavy atom. The van der Waals surface area contributed by atoms with Crippen LogP contribution >= 0.6 is 0 Å². The number of amides is 1. The maximum atomic E-state index is 13.6. The second-order valence-corrected chi connectivity index (χ2v) is 5.99. The van der Waals surface area contributed by atoms with Crippen LogP contribution in [0.3, 0.4) is 0 Å². The second-order valence-electron chi connectivity index (χ2n) is 5.99. The standard InChI is InChI=1S/C18H16F4N2O3/c19-16-15(4-1-5-23-16)17(25)24-12-7-11(18(20,21)22)8-14(9-12)27-10-13-3-2-6-26-13/h1,4-5,7-9,13H,2-3,6,10H2,(H,24,25). The second kappa shape index (κ2) is 7.91. The maximum absolute atomic E-state index is 13.6. The molecular weight excluding hydrogens is 368 g/mol. The molecule has 1 aromatic carbocycles. The van der Waals surface area contributed by atoms with E-state index in [-0.39, 0.29) is 29.7 Å². The highest BCUT2D eigenvalue weighted by Gasteiger charge is 2.32. The van der Waals surface area contributed by atoms with Crippen molar-refractivity contribution >= 4 is 11.6 Å². The summed E-state index contributed by atoms with van der Waals surface area (Å²) in [5.74, 6) is -2.00. The van der Waals surface area contributed by atoms with Gasteiger partial charge in [-0.05, 0) is 37.1 Å². The molecule has 0 aliphatic carbocycles. The first-order valence-corrected chi connectivity index (χ1v) is 8.21. The zero-order chi connectivity index (χ0) is 19.4. The molecule has 144 valence electrons. The fraction of sp³-hybridized carbons (Fsp3) is 0.333. The van der Waals surface area contributed by atoms with Crippen molar-refractivity contribution in [1.29, 1.82) is 0 Å². The van der Waals surface area contributed by atoms with Gasteiger partial charge in [-0.2, -0.15) is 17.6 Å². The van der Waals surface area contributed by atoms with E-state index >= 15 is 0 Å². The third-order valence-corrected chi connectivity index (χ3v) is 3.96. The number of benzene rings is 1. The van der Waals surface area contributed by atoms with Crippen LogP contribution in [0.25, 0.3) is 0 Å². The summed E-state index contributed by atoms with van der Waals surface area (Å²) in [5, 5.41) is 2.25. The van der Waals surface area contributed by atoms with Crippen LogP contribution in [0.1, 0.15) is 28.8 Å². The van der Waals surface area contributed by atoms with Crippen molar-refractivity contribution in [3.8, 4) is 5.75 Å². The van der Waals surface area contributed by atoms with E-state index in [1.54, 1.807) is 0 Å². The highest BCUT2D eigenvalue weighted by Crippen LogP contribution is 2.34. The first-order valence-electron chi connectivity index (χ1n) is 8.21. The monoisotopic (exact) mass is 384 g/mol. The van der Waals surface area contributed by atoms with Crippen LogP contribution in [-0.2, 0) is 10.9 Å². The van der Waals surface area contributed by atoms with Crippen LogP contribution < -0.4 is 10.1 Å². The topological polar surface area (TPSA) is 60.5 Å². The van der Waals surface area contributed by atoms with E-state index in [0.717, 1.165) is 31.2 Å². The van der Waals surface area contributed by atoms with Crippen LogP contribution in [-0.4, -0.2) is 30.2 Å². The summed E-state index contributed by atoms with van der Waals surface area (Å²) in [6, 6.07) is 5.37. The molecule has 1 N–H and O–H groups in total. The average Bonchev–Trinajstić information content (AvgIpc) is 3.13. The summed E-state index contributed by atoms with van der Waals surface area (Å²) in [5.41, 5.74) is -1.54. The van der Waals surface area contributed by atoms with Gasteiger partial charge in [-0.1, -0.05) is 0 Å². The SMILES string of the molecule is O=C(Nc1cc(OCC2CCCO2)cc(C(F)(F)F)c1)c1cccnc1F. The Hall–Kier alpha value is -2.68. The van der Waals surface area contributed by atoms with Crippen LogP contribution in [0, 0.1) is 5.95 Å². The molecular formula is C18H16F4N2O3. The lowest BCUT2D eigenvalue weighted by molar-refractivity contribution is -0.137. The highest BCUT2D eigenvalue weighted by molar-refractivity contribution is 6.04. The molecule has 0 saturated carbocycles. The summed E-state index contributed by atoms with van der Waals surface area (Å²) < 4.78 is 63.8. The van der Waals surface area contributed by atoms with E-state index in [9.17, 15) is 22.4 Å². The number of ether oxygens (including phenoxy) is 2. The molecule has 1 saturated heterocycles. The van der Waals surface area contributed by atoms with Gasteiger partial charge in [0.05, 0.1) is 17.2 Å². The lowest BCUT2D eigenvalue weighted by Crippen LogP contribution is -2.18. The molecule has 2 heterocycles. The fourth-order valence-corrected chi connectivity index (χ4v) is 2.64. The number of nitrogens with zero attached hydrogens (tertiary/aromatic N) is 1. The molecule has 2 aromatic rings. The number of hydrogen-bond acceptors (Lipinski definition) is 4. The van der Waals surface area contributed by atoms with Crippen LogP contribution in [0.2, 0.25) is 0 Å². The number of hydrogen-bond donors (Lipinski definition) is 1. The molecule has 1 amide bonds. The number of carbonyl (C=O) groups is 1. The Labute approximate surface area is 152 Å². The highest BCUT2D eigenvalue weighted by atomic mass is 19.4. The molecule has 1 aromatic heterocycles. The van der Waals surface area contributed by atoms with Gasteiger partial charge in [0.25, 0.3) is 5.91 Å². The predicted molar refractivity (Wildman–Crippen MR) is 88.1 cm³/mol. The average molecular weight is 384 g/mol. The first-order chi connectivity index (χ1) is 12.8. The van der Waals surface area contributed by atoms with Crippen molar-refractivity contribution in [2.75, 3.05) is 18.5 Å². The molecule has 9 heteroatoms. The zero-order valence-electron chi connectivity index (χ0n) is 14.1. The van der Waals surface area contributed by atoms with Crippen molar-refractivity contribution in [3.63, 3.8) is 0 Å². The molecule has 1 fully saturated rings. The van der Waals surface area contributed by atoms with Gasteiger partial charge < -0.3 is 14.8 Å². The van der Waals surface area contributed by atoms with Gasteiger partial charge >= 0.3 is 6.18 Å². The minimum absolute atomic E-state index is 0.0673. The molecule has 1 atom stereocenters. The van der Waals surface area contributed by atoms with Gasteiger partial charge in [0.15, 0.2) is 0 Å². The van der Waals surface area contributed by atoms with E-state index in [1.165, 1.54) is 18.2 Å². The van der Waals surface area contributed by atoms with Crippen molar-refractivity contribution in [2.24, 2.45) is 0 Å². The van der Waals surface area contributed by atoms with Crippen LogP contribution in [0.4, 0.5) is 23.2 Å². The largest absolute Gasteiger partial charge is 0.491 e. The third kappa shape index (κ3) is 4.94. The number of rotatable bonds is 5. The summed E-state index contributed by atoms with van der Waals surface area (Å²) in [6.45, 7) is 0.695. The number of alkyl halides is 3. The Bertz CT molecular complexity index is 820. The molecule has 1 aliphatic rings. The molecule has 0 spiro atoms. The number of pyridine rings is 1. The van der Waals surface area contributed by atoms with Crippen molar-refractivity contribution in [1.82, 2.24) is 4.98 Å². The summed E-state index contributed by atoms with van der Waals surface area (Å²) in [6.07, 6.45) is -2.02. The smallest absolute Gasteiger partial charge is 0.416 e. The number of halogens is 4. The van der Waals surface area contributed by atoms with Gasteiger partial charge in [-0.15, -0.1) is 0 Å². The Kier molecular flexibility index (Phi) is 5.59. The molecule has 1 unspecified atom stereocenters. The molecule has 1 aliphatic heterocycles. The number of nitrogens with one attached hydrogen (secondary N) is 1. The van der Waals surface area contributed by atoms with Crippen LogP contribution in [0.5, 0.6) is 5.75 Å².